The molecule has 18 heavy (non-hydrogen) atoms. The van der Waals surface area contributed by atoms with Crippen molar-refractivity contribution in [1.82, 2.24) is 0 Å². The SMILES string of the molecule is CC.O=C(O)c1ccccc1Nc1ccccc1. The molecule has 2 aromatic rings. The molecular formula is C15H17NO2. The summed E-state index contributed by atoms with van der Waals surface area (Å²) in [5.74, 6) is -0.931. The molecule has 0 bridgehead atoms. The van der Waals surface area contributed by atoms with Crippen LogP contribution in [0.5, 0.6) is 0 Å². The first kappa shape index (κ1) is 13.8. The number of nitrogens with one attached hydrogen (secondary N) is 1. The van der Waals surface area contributed by atoms with Gasteiger partial charge in [-0.25, -0.2) is 4.79 Å². The molecule has 0 aromatic heterocycles. The number of rotatable bonds is 3. The Morgan fingerprint density at radius 2 is 1.50 bits per heavy atom. The van der Waals surface area contributed by atoms with Crippen molar-refractivity contribution in [3.8, 4) is 0 Å². The quantitative estimate of drug-likeness (QED) is 0.851. The van der Waals surface area contributed by atoms with Gasteiger partial charge < -0.3 is 10.4 Å². The molecule has 0 aliphatic rings. The molecule has 2 aromatic carbocycles. The third-order valence-corrected chi connectivity index (χ3v) is 2.21. The van der Waals surface area contributed by atoms with Gasteiger partial charge in [-0.2, -0.15) is 0 Å². The van der Waals surface area contributed by atoms with Gasteiger partial charge in [-0.3, -0.25) is 0 Å². The standard InChI is InChI=1S/C13H11NO2.C2H6/c15-13(16)11-8-4-5-9-12(11)14-10-6-2-1-3-7-10;1-2/h1-9,14H,(H,15,16);1-2H3. The van der Waals surface area contributed by atoms with Crippen LogP contribution in [-0.4, -0.2) is 11.1 Å². The lowest BCUT2D eigenvalue weighted by atomic mass is 10.1. The Bertz CT molecular complexity index is 495. The van der Waals surface area contributed by atoms with E-state index < -0.39 is 5.97 Å². The molecule has 0 heterocycles. The van der Waals surface area contributed by atoms with Crippen LogP contribution < -0.4 is 5.32 Å². The van der Waals surface area contributed by atoms with Gasteiger partial charge in [0.1, 0.15) is 0 Å². The van der Waals surface area contributed by atoms with Crippen molar-refractivity contribution in [2.45, 2.75) is 13.8 Å². The molecular weight excluding hydrogens is 226 g/mol. The van der Waals surface area contributed by atoms with Gasteiger partial charge in [-0.05, 0) is 24.3 Å². The monoisotopic (exact) mass is 243 g/mol. The van der Waals surface area contributed by atoms with Gasteiger partial charge in [0.05, 0.1) is 11.3 Å². The summed E-state index contributed by atoms with van der Waals surface area (Å²) in [6.45, 7) is 4.00. The Balaban J connectivity index is 0.000000771. The van der Waals surface area contributed by atoms with E-state index in [2.05, 4.69) is 5.32 Å². The molecule has 0 saturated heterocycles. The number of carboxylic acids is 1. The smallest absolute Gasteiger partial charge is 0.337 e. The van der Waals surface area contributed by atoms with E-state index in [1.165, 1.54) is 0 Å². The highest BCUT2D eigenvalue weighted by molar-refractivity contribution is 5.95. The van der Waals surface area contributed by atoms with Crippen LogP contribution in [0.2, 0.25) is 0 Å². The van der Waals surface area contributed by atoms with Crippen molar-refractivity contribution >= 4 is 17.3 Å². The normalized spacial score (nSPS) is 9.00. The van der Waals surface area contributed by atoms with Crippen LogP contribution in [0.15, 0.2) is 54.6 Å². The third-order valence-electron chi connectivity index (χ3n) is 2.21. The summed E-state index contributed by atoms with van der Waals surface area (Å²) < 4.78 is 0. The number of benzene rings is 2. The maximum atomic E-state index is 11.0. The predicted molar refractivity (Wildman–Crippen MR) is 74.5 cm³/mol. The van der Waals surface area contributed by atoms with Crippen LogP contribution in [0.1, 0.15) is 24.2 Å². The molecule has 0 spiro atoms. The number of carbonyl (C=O) groups is 1. The zero-order chi connectivity index (χ0) is 13.4. The highest BCUT2D eigenvalue weighted by atomic mass is 16.4. The average Bonchev–Trinajstić information content (AvgIpc) is 2.42. The molecule has 0 aliphatic carbocycles. The topological polar surface area (TPSA) is 49.3 Å². The van der Waals surface area contributed by atoms with Gasteiger partial charge in [-0.15, -0.1) is 0 Å². The summed E-state index contributed by atoms with van der Waals surface area (Å²) in [5.41, 5.74) is 1.74. The molecule has 0 unspecified atom stereocenters. The van der Waals surface area contributed by atoms with E-state index in [4.69, 9.17) is 5.11 Å². The number of aromatic carboxylic acids is 1. The summed E-state index contributed by atoms with van der Waals surface area (Å²) in [7, 11) is 0. The summed E-state index contributed by atoms with van der Waals surface area (Å²) in [5, 5.41) is 12.1. The molecule has 2 N–H and O–H groups in total. The maximum absolute atomic E-state index is 11.0. The minimum absolute atomic E-state index is 0.270. The first-order valence-electron chi connectivity index (χ1n) is 5.92. The van der Waals surface area contributed by atoms with Gasteiger partial charge in [0.25, 0.3) is 0 Å². The number of hydrogen-bond acceptors (Lipinski definition) is 2. The zero-order valence-electron chi connectivity index (χ0n) is 10.6. The largest absolute Gasteiger partial charge is 0.478 e. The van der Waals surface area contributed by atoms with Crippen LogP contribution in [0.3, 0.4) is 0 Å². The molecule has 0 saturated carbocycles. The van der Waals surface area contributed by atoms with Crippen molar-refractivity contribution in [2.24, 2.45) is 0 Å². The van der Waals surface area contributed by atoms with Gasteiger partial charge in [0.2, 0.25) is 0 Å². The van der Waals surface area contributed by atoms with E-state index >= 15 is 0 Å². The first-order valence-corrected chi connectivity index (χ1v) is 5.92. The fourth-order valence-corrected chi connectivity index (χ4v) is 1.46. The fourth-order valence-electron chi connectivity index (χ4n) is 1.46. The van der Waals surface area contributed by atoms with Gasteiger partial charge >= 0.3 is 5.97 Å². The summed E-state index contributed by atoms with van der Waals surface area (Å²) in [6.07, 6.45) is 0. The molecule has 0 aliphatic heterocycles. The Morgan fingerprint density at radius 3 is 2.11 bits per heavy atom. The van der Waals surface area contributed by atoms with Crippen molar-refractivity contribution in [2.75, 3.05) is 5.32 Å². The molecule has 3 nitrogen and oxygen atoms in total. The minimum Gasteiger partial charge on any atom is -0.478 e. The van der Waals surface area contributed by atoms with E-state index in [0.29, 0.717) is 5.69 Å². The van der Waals surface area contributed by atoms with Crippen molar-refractivity contribution in [3.63, 3.8) is 0 Å². The van der Waals surface area contributed by atoms with Crippen molar-refractivity contribution in [1.29, 1.82) is 0 Å². The van der Waals surface area contributed by atoms with Crippen molar-refractivity contribution in [3.05, 3.63) is 60.2 Å². The Labute approximate surface area is 107 Å². The lowest BCUT2D eigenvalue weighted by Gasteiger charge is -2.08. The average molecular weight is 243 g/mol. The molecule has 0 fully saturated rings. The van der Waals surface area contributed by atoms with E-state index in [0.717, 1.165) is 5.69 Å². The number of hydrogen-bond donors (Lipinski definition) is 2. The Hall–Kier alpha value is -2.29. The lowest BCUT2D eigenvalue weighted by Crippen LogP contribution is -2.01. The second-order valence-electron chi connectivity index (χ2n) is 3.34. The highest BCUT2D eigenvalue weighted by Gasteiger charge is 2.08. The van der Waals surface area contributed by atoms with Crippen LogP contribution in [-0.2, 0) is 0 Å². The summed E-state index contributed by atoms with van der Waals surface area (Å²) in [4.78, 5) is 11.0. The van der Waals surface area contributed by atoms with E-state index in [1.807, 2.05) is 44.2 Å². The first-order chi connectivity index (χ1) is 8.77. The van der Waals surface area contributed by atoms with E-state index in [9.17, 15) is 4.79 Å². The second kappa shape index (κ2) is 7.12. The molecule has 0 atom stereocenters. The number of carboxylic acid groups (broad SMARTS) is 1. The molecule has 0 amide bonds. The Kier molecular flexibility index (Phi) is 5.45. The molecule has 0 radical (unpaired) electrons. The van der Waals surface area contributed by atoms with E-state index in [1.54, 1.807) is 24.3 Å². The summed E-state index contributed by atoms with van der Waals surface area (Å²) >= 11 is 0. The van der Waals surface area contributed by atoms with Crippen LogP contribution in [0, 0.1) is 0 Å². The predicted octanol–water partition coefficient (Wildman–Crippen LogP) is 4.15. The van der Waals surface area contributed by atoms with Gasteiger partial charge in [-0.1, -0.05) is 44.2 Å². The molecule has 94 valence electrons. The van der Waals surface area contributed by atoms with Crippen LogP contribution in [0.25, 0.3) is 0 Å². The van der Waals surface area contributed by atoms with Gasteiger partial charge in [0.15, 0.2) is 0 Å². The molecule has 2 rings (SSSR count). The lowest BCUT2D eigenvalue weighted by molar-refractivity contribution is 0.0698. The van der Waals surface area contributed by atoms with Crippen molar-refractivity contribution < 1.29 is 9.90 Å². The van der Waals surface area contributed by atoms with Gasteiger partial charge in [0, 0.05) is 5.69 Å². The second-order valence-corrected chi connectivity index (χ2v) is 3.34. The van der Waals surface area contributed by atoms with E-state index in [-0.39, 0.29) is 5.56 Å². The van der Waals surface area contributed by atoms with Crippen LogP contribution >= 0.6 is 0 Å². The molecule has 3 heteroatoms. The minimum atomic E-state index is -0.931. The Morgan fingerprint density at radius 1 is 0.944 bits per heavy atom. The van der Waals surface area contributed by atoms with Crippen LogP contribution in [0.4, 0.5) is 11.4 Å². The maximum Gasteiger partial charge on any atom is 0.337 e. The zero-order valence-corrected chi connectivity index (χ0v) is 10.6. The fraction of sp³-hybridized carbons (Fsp3) is 0.133. The number of para-hydroxylation sites is 2. The third kappa shape index (κ3) is 3.63. The summed E-state index contributed by atoms with van der Waals surface area (Å²) in [6, 6.07) is 16.3. The number of anilines is 2. The highest BCUT2D eigenvalue weighted by Crippen LogP contribution is 2.20.